The van der Waals surface area contributed by atoms with Gasteiger partial charge in [-0.25, -0.2) is 0 Å². The van der Waals surface area contributed by atoms with E-state index < -0.39 is 0 Å². The monoisotopic (exact) mass is 348 g/mol. The van der Waals surface area contributed by atoms with Gasteiger partial charge in [0.05, 0.1) is 0 Å². The Balaban J connectivity index is 1.93. The summed E-state index contributed by atoms with van der Waals surface area (Å²) < 4.78 is 0. The number of carbonyl (C=O) groups is 2. The maximum atomic E-state index is 12.9. The highest BCUT2D eigenvalue weighted by Crippen LogP contribution is 2.24. The lowest BCUT2D eigenvalue weighted by Gasteiger charge is -2.35. The SMILES string of the molecule is CCN(C(=O)C1CCN(C(=O)C(C)CSC)CC1)c1ccccc1. The van der Waals surface area contributed by atoms with Crippen molar-refractivity contribution in [3.05, 3.63) is 30.3 Å². The van der Waals surface area contributed by atoms with Gasteiger partial charge in [0, 0.05) is 42.9 Å². The average molecular weight is 349 g/mol. The summed E-state index contributed by atoms with van der Waals surface area (Å²) in [5.74, 6) is 1.35. The Morgan fingerprint density at radius 2 is 1.88 bits per heavy atom. The highest BCUT2D eigenvalue weighted by Gasteiger charge is 2.31. The van der Waals surface area contributed by atoms with E-state index in [9.17, 15) is 9.59 Å². The number of para-hydroxylation sites is 1. The molecule has 1 aliphatic rings. The van der Waals surface area contributed by atoms with Crippen molar-refractivity contribution in [2.45, 2.75) is 26.7 Å². The fraction of sp³-hybridized carbons (Fsp3) is 0.579. The van der Waals surface area contributed by atoms with Crippen molar-refractivity contribution in [2.24, 2.45) is 11.8 Å². The summed E-state index contributed by atoms with van der Waals surface area (Å²) in [4.78, 5) is 29.0. The maximum Gasteiger partial charge on any atom is 0.230 e. The van der Waals surface area contributed by atoms with Crippen molar-refractivity contribution in [3.8, 4) is 0 Å². The molecule has 0 bridgehead atoms. The molecule has 5 heteroatoms. The van der Waals surface area contributed by atoms with E-state index in [0.717, 1.165) is 24.3 Å². The van der Waals surface area contributed by atoms with Crippen LogP contribution in [0.3, 0.4) is 0 Å². The molecule has 132 valence electrons. The predicted molar refractivity (Wildman–Crippen MR) is 101 cm³/mol. The van der Waals surface area contributed by atoms with Crippen molar-refractivity contribution < 1.29 is 9.59 Å². The predicted octanol–water partition coefficient (Wildman–Crippen LogP) is 3.28. The van der Waals surface area contributed by atoms with Crippen LogP contribution < -0.4 is 4.90 Å². The second kappa shape index (κ2) is 9.11. The van der Waals surface area contributed by atoms with Crippen LogP contribution in [0.1, 0.15) is 26.7 Å². The lowest BCUT2D eigenvalue weighted by Crippen LogP contribution is -2.46. The first-order chi connectivity index (χ1) is 11.6. The van der Waals surface area contributed by atoms with Gasteiger partial charge >= 0.3 is 0 Å². The van der Waals surface area contributed by atoms with Crippen LogP contribution >= 0.6 is 11.8 Å². The molecule has 4 nitrogen and oxygen atoms in total. The average Bonchev–Trinajstić information content (AvgIpc) is 2.63. The van der Waals surface area contributed by atoms with Gasteiger partial charge in [-0.1, -0.05) is 25.1 Å². The zero-order chi connectivity index (χ0) is 17.5. The largest absolute Gasteiger partial charge is 0.342 e. The minimum Gasteiger partial charge on any atom is -0.342 e. The van der Waals surface area contributed by atoms with E-state index >= 15 is 0 Å². The van der Waals surface area contributed by atoms with Gasteiger partial charge in [0.2, 0.25) is 11.8 Å². The summed E-state index contributed by atoms with van der Waals surface area (Å²) in [6.07, 6.45) is 3.55. The van der Waals surface area contributed by atoms with E-state index in [0.29, 0.717) is 19.6 Å². The Bertz CT molecular complexity index is 542. The number of thioether (sulfide) groups is 1. The second-order valence-corrected chi connectivity index (χ2v) is 7.28. The van der Waals surface area contributed by atoms with Gasteiger partial charge in [-0.15, -0.1) is 0 Å². The topological polar surface area (TPSA) is 40.6 Å². The van der Waals surface area contributed by atoms with Crippen molar-refractivity contribution >= 4 is 29.3 Å². The minimum absolute atomic E-state index is 0.0186. The molecule has 1 heterocycles. The maximum absolute atomic E-state index is 12.9. The summed E-state index contributed by atoms with van der Waals surface area (Å²) in [7, 11) is 0. The molecule has 1 aromatic rings. The zero-order valence-electron chi connectivity index (χ0n) is 14.9. The van der Waals surface area contributed by atoms with Gasteiger partial charge < -0.3 is 9.80 Å². The van der Waals surface area contributed by atoms with Crippen LogP contribution in [-0.4, -0.2) is 48.4 Å². The first kappa shape index (κ1) is 18.8. The molecule has 0 aromatic heterocycles. The fourth-order valence-corrected chi connectivity index (χ4v) is 3.92. The number of piperidine rings is 1. The van der Waals surface area contributed by atoms with E-state index in [1.54, 1.807) is 11.8 Å². The van der Waals surface area contributed by atoms with Crippen LogP contribution in [0, 0.1) is 11.8 Å². The first-order valence-corrected chi connectivity index (χ1v) is 10.1. The number of amides is 2. The molecule has 24 heavy (non-hydrogen) atoms. The fourth-order valence-electron chi connectivity index (χ4n) is 3.27. The van der Waals surface area contributed by atoms with Crippen molar-refractivity contribution in [1.82, 2.24) is 4.90 Å². The van der Waals surface area contributed by atoms with Gasteiger partial charge in [-0.3, -0.25) is 9.59 Å². The molecule has 0 N–H and O–H groups in total. The number of benzene rings is 1. The van der Waals surface area contributed by atoms with E-state index in [4.69, 9.17) is 0 Å². The molecule has 1 aliphatic heterocycles. The van der Waals surface area contributed by atoms with E-state index in [1.807, 2.05) is 60.2 Å². The minimum atomic E-state index is 0.0186. The quantitative estimate of drug-likeness (QED) is 0.792. The van der Waals surface area contributed by atoms with Gasteiger partial charge in [-0.05, 0) is 38.2 Å². The molecular formula is C19H28N2O2S. The third-order valence-electron chi connectivity index (χ3n) is 4.64. The number of anilines is 1. The zero-order valence-corrected chi connectivity index (χ0v) is 15.7. The molecule has 0 aliphatic carbocycles. The van der Waals surface area contributed by atoms with Crippen LogP contribution in [0.5, 0.6) is 0 Å². The van der Waals surface area contributed by atoms with Crippen LogP contribution in [0.15, 0.2) is 30.3 Å². The van der Waals surface area contributed by atoms with Crippen molar-refractivity contribution in [3.63, 3.8) is 0 Å². The van der Waals surface area contributed by atoms with E-state index in [1.165, 1.54) is 0 Å². The number of hydrogen-bond donors (Lipinski definition) is 0. The number of hydrogen-bond acceptors (Lipinski definition) is 3. The van der Waals surface area contributed by atoms with E-state index in [-0.39, 0.29) is 23.7 Å². The van der Waals surface area contributed by atoms with Crippen molar-refractivity contribution in [1.29, 1.82) is 0 Å². The van der Waals surface area contributed by atoms with Crippen LogP contribution in [0.25, 0.3) is 0 Å². The van der Waals surface area contributed by atoms with Crippen molar-refractivity contribution in [2.75, 3.05) is 36.5 Å². The second-order valence-electron chi connectivity index (χ2n) is 6.37. The van der Waals surface area contributed by atoms with Gasteiger partial charge in [-0.2, -0.15) is 11.8 Å². The number of carbonyl (C=O) groups excluding carboxylic acids is 2. The van der Waals surface area contributed by atoms with Crippen LogP contribution in [0.4, 0.5) is 5.69 Å². The molecular weight excluding hydrogens is 320 g/mol. The molecule has 2 amide bonds. The highest BCUT2D eigenvalue weighted by molar-refractivity contribution is 7.98. The van der Waals surface area contributed by atoms with Gasteiger partial charge in [0.1, 0.15) is 0 Å². The molecule has 0 radical (unpaired) electrons. The lowest BCUT2D eigenvalue weighted by molar-refractivity contribution is -0.137. The first-order valence-electron chi connectivity index (χ1n) is 8.72. The number of likely N-dealkylation sites (tertiary alicyclic amines) is 1. The number of nitrogens with zero attached hydrogens (tertiary/aromatic N) is 2. The summed E-state index contributed by atoms with van der Waals surface area (Å²) in [6.45, 7) is 6.06. The molecule has 1 saturated heterocycles. The molecule has 1 fully saturated rings. The van der Waals surface area contributed by atoms with E-state index in [2.05, 4.69) is 0 Å². The smallest absolute Gasteiger partial charge is 0.230 e. The lowest BCUT2D eigenvalue weighted by atomic mass is 9.94. The van der Waals surface area contributed by atoms with Gasteiger partial charge in [0.25, 0.3) is 0 Å². The third-order valence-corrected chi connectivity index (χ3v) is 5.48. The normalized spacial score (nSPS) is 16.7. The highest BCUT2D eigenvalue weighted by atomic mass is 32.2. The van der Waals surface area contributed by atoms with Gasteiger partial charge in [0.15, 0.2) is 0 Å². The summed E-state index contributed by atoms with van der Waals surface area (Å²) in [5, 5.41) is 0. The molecule has 2 rings (SSSR count). The summed E-state index contributed by atoms with van der Waals surface area (Å²) in [5.41, 5.74) is 0.956. The molecule has 1 unspecified atom stereocenters. The Labute approximate surface area is 149 Å². The Kier molecular flexibility index (Phi) is 7.16. The summed E-state index contributed by atoms with van der Waals surface area (Å²) in [6, 6.07) is 9.83. The molecule has 0 saturated carbocycles. The standard InChI is InChI=1S/C19H28N2O2S/c1-4-21(17-8-6-5-7-9-17)19(23)16-10-12-20(13-11-16)18(22)15(2)14-24-3/h5-9,15-16H,4,10-14H2,1-3H3. The molecule has 1 atom stereocenters. The molecule has 1 aromatic carbocycles. The Hall–Kier alpha value is -1.49. The Morgan fingerprint density at radius 3 is 2.42 bits per heavy atom. The third kappa shape index (κ3) is 4.53. The number of rotatable bonds is 6. The van der Waals surface area contributed by atoms with Crippen LogP contribution in [0.2, 0.25) is 0 Å². The van der Waals surface area contributed by atoms with Crippen LogP contribution in [-0.2, 0) is 9.59 Å². The molecule has 0 spiro atoms. The summed E-state index contributed by atoms with van der Waals surface area (Å²) >= 11 is 1.70. The Morgan fingerprint density at radius 1 is 1.25 bits per heavy atom.